The van der Waals surface area contributed by atoms with Gasteiger partial charge in [0.2, 0.25) is 0 Å². The Morgan fingerprint density at radius 1 is 1.19 bits per heavy atom. The van der Waals surface area contributed by atoms with Gasteiger partial charge in [0.1, 0.15) is 17.7 Å². The molecule has 0 amide bonds. The molecule has 6 atom stereocenters. The van der Waals surface area contributed by atoms with Crippen molar-refractivity contribution in [2.24, 2.45) is 34.0 Å². The molecule has 1 spiro atoms. The third-order valence-corrected chi connectivity index (χ3v) is 8.32. The number of hydrogen-bond acceptors (Lipinski definition) is 4. The van der Waals surface area contributed by atoms with Crippen LogP contribution in [0.2, 0.25) is 0 Å². The van der Waals surface area contributed by atoms with Crippen molar-refractivity contribution >= 4 is 17.5 Å². The molecule has 4 aliphatic rings. The van der Waals surface area contributed by atoms with Crippen LogP contribution >= 0.6 is 0 Å². The Hall–Kier alpha value is -1.45. The summed E-state index contributed by atoms with van der Waals surface area (Å²) in [6.07, 6.45) is 3.92. The summed E-state index contributed by atoms with van der Waals surface area (Å²) in [6, 6.07) is 0. The van der Waals surface area contributed by atoms with Gasteiger partial charge in [-0.3, -0.25) is 14.4 Å². The van der Waals surface area contributed by atoms with Crippen LogP contribution in [-0.4, -0.2) is 23.6 Å². The standard InChI is InChI=1S/C22H30O4/c1-12-9-22-10-14(12)15(24)8-17(22)21(5)18(25)6-7-20(3,4)19(21)16(11-22)26-13(2)23/h14,16-17,19H,1,6-11H2,2-5H3/t14-,16?,17+,19+,21-,22-/m1/s1. The molecule has 0 aliphatic heterocycles. The molecule has 1 unspecified atom stereocenters. The first-order valence-electron chi connectivity index (χ1n) is 9.92. The second kappa shape index (κ2) is 5.30. The third kappa shape index (κ3) is 2.16. The molecule has 0 aromatic carbocycles. The van der Waals surface area contributed by atoms with Crippen molar-refractivity contribution in [3.8, 4) is 0 Å². The van der Waals surface area contributed by atoms with Crippen LogP contribution in [0, 0.1) is 34.0 Å². The molecular formula is C22H30O4. The lowest BCUT2D eigenvalue weighted by atomic mass is 9.40. The minimum Gasteiger partial charge on any atom is -0.462 e. The van der Waals surface area contributed by atoms with Crippen LogP contribution in [0.4, 0.5) is 0 Å². The Bertz CT molecular complexity index is 720. The first kappa shape index (κ1) is 17.9. The molecule has 0 heterocycles. The van der Waals surface area contributed by atoms with E-state index in [0.717, 1.165) is 31.3 Å². The summed E-state index contributed by atoms with van der Waals surface area (Å²) in [5.74, 6) is 0.190. The number of carbonyl (C=O) groups excluding carboxylic acids is 3. The van der Waals surface area contributed by atoms with Gasteiger partial charge in [-0.25, -0.2) is 0 Å². The molecule has 2 bridgehead atoms. The minimum absolute atomic E-state index is 0.0333. The zero-order chi connectivity index (χ0) is 19.1. The maximum Gasteiger partial charge on any atom is 0.302 e. The lowest BCUT2D eigenvalue weighted by molar-refractivity contribution is -0.209. The van der Waals surface area contributed by atoms with Gasteiger partial charge in [-0.1, -0.05) is 32.9 Å². The van der Waals surface area contributed by atoms with Gasteiger partial charge in [-0.05, 0) is 42.4 Å². The van der Waals surface area contributed by atoms with Gasteiger partial charge in [0, 0.05) is 37.0 Å². The van der Waals surface area contributed by atoms with Gasteiger partial charge in [0.25, 0.3) is 0 Å². The van der Waals surface area contributed by atoms with Crippen molar-refractivity contribution in [3.05, 3.63) is 12.2 Å². The highest BCUT2D eigenvalue weighted by atomic mass is 16.5. The maximum atomic E-state index is 13.3. The number of Topliss-reactive ketones (excluding diaryl/α,β-unsaturated/α-hetero) is 2. The van der Waals surface area contributed by atoms with Crippen molar-refractivity contribution in [2.45, 2.75) is 72.3 Å². The fourth-order valence-corrected chi connectivity index (χ4v) is 7.50. The van der Waals surface area contributed by atoms with Gasteiger partial charge in [0.05, 0.1) is 0 Å². The number of allylic oxidation sites excluding steroid dienone is 1. The summed E-state index contributed by atoms with van der Waals surface area (Å²) in [7, 11) is 0. The number of ether oxygens (including phenoxy) is 1. The van der Waals surface area contributed by atoms with E-state index in [1.54, 1.807) is 0 Å². The first-order valence-corrected chi connectivity index (χ1v) is 9.92. The molecule has 0 N–H and O–H groups in total. The minimum atomic E-state index is -0.606. The largest absolute Gasteiger partial charge is 0.462 e. The molecule has 4 rings (SSSR count). The molecule has 4 aliphatic carbocycles. The molecule has 4 heteroatoms. The van der Waals surface area contributed by atoms with Gasteiger partial charge in [-0.15, -0.1) is 0 Å². The second-order valence-corrected chi connectivity index (χ2v) is 10.2. The summed E-state index contributed by atoms with van der Waals surface area (Å²) in [6.45, 7) is 12.1. The monoisotopic (exact) mass is 358 g/mol. The highest BCUT2D eigenvalue weighted by Crippen LogP contribution is 2.71. The number of fused-ring (bicyclic) bond motifs is 3. The lowest BCUT2D eigenvalue weighted by Crippen LogP contribution is -2.65. The van der Waals surface area contributed by atoms with E-state index in [-0.39, 0.29) is 52.2 Å². The molecule has 4 fully saturated rings. The van der Waals surface area contributed by atoms with Crippen molar-refractivity contribution < 1.29 is 19.1 Å². The van der Waals surface area contributed by atoms with E-state index >= 15 is 0 Å². The predicted octanol–water partition coefficient (Wildman–Crippen LogP) is 3.88. The number of ketones is 2. The van der Waals surface area contributed by atoms with E-state index in [4.69, 9.17) is 4.74 Å². The fourth-order valence-electron chi connectivity index (χ4n) is 7.50. The van der Waals surface area contributed by atoms with Crippen molar-refractivity contribution in [2.75, 3.05) is 0 Å². The van der Waals surface area contributed by atoms with E-state index in [9.17, 15) is 14.4 Å². The molecule has 0 radical (unpaired) electrons. The van der Waals surface area contributed by atoms with E-state index < -0.39 is 5.41 Å². The van der Waals surface area contributed by atoms with Crippen LogP contribution in [-0.2, 0) is 19.1 Å². The van der Waals surface area contributed by atoms with Crippen LogP contribution in [0.15, 0.2) is 12.2 Å². The number of carbonyl (C=O) groups is 3. The summed E-state index contributed by atoms with van der Waals surface area (Å²) in [5, 5.41) is 0. The van der Waals surface area contributed by atoms with Gasteiger partial charge in [0.15, 0.2) is 0 Å². The average molecular weight is 358 g/mol. The SMILES string of the molecule is C=C1C[C@@]23CC(OC(C)=O)[C@H]4C(C)(C)CCC(=O)[C@@]4(C)[C@@H]2CC(=O)[C@@H]1C3. The Kier molecular flexibility index (Phi) is 3.65. The fraction of sp³-hybridized carbons (Fsp3) is 0.773. The van der Waals surface area contributed by atoms with E-state index in [0.29, 0.717) is 12.8 Å². The molecule has 4 nitrogen and oxygen atoms in total. The van der Waals surface area contributed by atoms with Crippen LogP contribution in [0.25, 0.3) is 0 Å². The predicted molar refractivity (Wildman–Crippen MR) is 97.2 cm³/mol. The Morgan fingerprint density at radius 2 is 1.88 bits per heavy atom. The van der Waals surface area contributed by atoms with Crippen LogP contribution < -0.4 is 0 Å². The Morgan fingerprint density at radius 3 is 2.54 bits per heavy atom. The number of esters is 1. The van der Waals surface area contributed by atoms with Gasteiger partial charge in [-0.2, -0.15) is 0 Å². The van der Waals surface area contributed by atoms with Crippen molar-refractivity contribution in [1.29, 1.82) is 0 Å². The quantitative estimate of drug-likeness (QED) is 0.527. The van der Waals surface area contributed by atoms with Crippen molar-refractivity contribution in [1.82, 2.24) is 0 Å². The van der Waals surface area contributed by atoms with E-state index in [1.807, 2.05) is 0 Å². The van der Waals surface area contributed by atoms with Crippen LogP contribution in [0.3, 0.4) is 0 Å². The molecule has 26 heavy (non-hydrogen) atoms. The van der Waals surface area contributed by atoms with E-state index in [2.05, 4.69) is 27.4 Å². The summed E-state index contributed by atoms with van der Waals surface area (Å²) >= 11 is 0. The van der Waals surface area contributed by atoms with E-state index in [1.165, 1.54) is 6.92 Å². The summed E-state index contributed by atoms with van der Waals surface area (Å²) < 4.78 is 5.86. The van der Waals surface area contributed by atoms with Crippen LogP contribution in [0.1, 0.15) is 66.2 Å². The zero-order valence-electron chi connectivity index (χ0n) is 16.4. The smallest absolute Gasteiger partial charge is 0.302 e. The Labute approximate surface area is 155 Å². The highest BCUT2D eigenvalue weighted by molar-refractivity contribution is 5.91. The van der Waals surface area contributed by atoms with Crippen LogP contribution in [0.5, 0.6) is 0 Å². The molecule has 4 saturated carbocycles. The molecule has 142 valence electrons. The lowest BCUT2D eigenvalue weighted by Gasteiger charge is -2.64. The second-order valence-electron chi connectivity index (χ2n) is 10.2. The maximum absolute atomic E-state index is 13.3. The topological polar surface area (TPSA) is 60.4 Å². The third-order valence-electron chi connectivity index (χ3n) is 8.32. The highest BCUT2D eigenvalue weighted by Gasteiger charge is 2.70. The van der Waals surface area contributed by atoms with Crippen molar-refractivity contribution in [3.63, 3.8) is 0 Å². The average Bonchev–Trinajstić information content (AvgIpc) is 2.79. The number of rotatable bonds is 1. The normalized spacial score (nSPS) is 46.5. The summed E-state index contributed by atoms with van der Waals surface area (Å²) in [4.78, 5) is 38.0. The zero-order valence-corrected chi connectivity index (χ0v) is 16.4. The molecule has 0 saturated heterocycles. The molecule has 0 aromatic rings. The Balaban J connectivity index is 1.87. The van der Waals surface area contributed by atoms with Gasteiger partial charge >= 0.3 is 5.97 Å². The molecular weight excluding hydrogens is 328 g/mol. The van der Waals surface area contributed by atoms with Gasteiger partial charge < -0.3 is 4.74 Å². The number of hydrogen-bond donors (Lipinski definition) is 0. The summed E-state index contributed by atoms with van der Waals surface area (Å²) in [5.41, 5.74) is 0.193. The first-order chi connectivity index (χ1) is 12.0. The molecule has 0 aromatic heterocycles.